The van der Waals surface area contributed by atoms with E-state index in [2.05, 4.69) is 4.98 Å². The number of rotatable bonds is 3. The number of aromatic nitrogens is 1. The first-order valence-electron chi connectivity index (χ1n) is 5.19. The SMILES string of the molecule is Cc1sc(N(C)c2ccc(F)cc2)nc1C(=O)O. The molecule has 0 radical (unpaired) electrons. The fraction of sp³-hybridized carbons (Fsp3) is 0.167. The van der Waals surface area contributed by atoms with Crippen molar-refractivity contribution < 1.29 is 14.3 Å². The summed E-state index contributed by atoms with van der Waals surface area (Å²) in [6, 6.07) is 5.94. The standard InChI is InChI=1S/C12H11FN2O2S/c1-7-10(11(16)17)14-12(18-7)15(2)9-5-3-8(13)4-6-9/h3-6H,1-2H3,(H,16,17). The third kappa shape index (κ3) is 2.33. The molecule has 0 aliphatic heterocycles. The van der Waals surface area contributed by atoms with Gasteiger partial charge in [0, 0.05) is 17.6 Å². The summed E-state index contributed by atoms with van der Waals surface area (Å²) in [7, 11) is 1.76. The Morgan fingerprint density at radius 2 is 2.00 bits per heavy atom. The maximum Gasteiger partial charge on any atom is 0.355 e. The van der Waals surface area contributed by atoms with Crippen molar-refractivity contribution >= 4 is 28.1 Å². The van der Waals surface area contributed by atoms with Crippen LogP contribution in [0.5, 0.6) is 0 Å². The van der Waals surface area contributed by atoms with Crippen molar-refractivity contribution in [1.82, 2.24) is 4.98 Å². The summed E-state index contributed by atoms with van der Waals surface area (Å²) in [5, 5.41) is 9.51. The van der Waals surface area contributed by atoms with Crippen molar-refractivity contribution in [3.63, 3.8) is 0 Å². The second-order valence-corrected chi connectivity index (χ2v) is 4.92. The van der Waals surface area contributed by atoms with Crippen molar-refractivity contribution in [1.29, 1.82) is 0 Å². The Kier molecular flexibility index (Phi) is 3.29. The molecule has 4 nitrogen and oxygen atoms in total. The number of aryl methyl sites for hydroxylation is 1. The zero-order chi connectivity index (χ0) is 13.3. The zero-order valence-corrected chi connectivity index (χ0v) is 10.7. The molecule has 0 fully saturated rings. The second-order valence-electron chi connectivity index (χ2n) is 3.74. The van der Waals surface area contributed by atoms with Crippen molar-refractivity contribution in [2.24, 2.45) is 0 Å². The van der Waals surface area contributed by atoms with E-state index >= 15 is 0 Å². The van der Waals surface area contributed by atoms with Crippen molar-refractivity contribution in [3.05, 3.63) is 40.7 Å². The number of thiazole rings is 1. The molecular formula is C12H11FN2O2S. The van der Waals surface area contributed by atoms with Crippen LogP contribution in [0.1, 0.15) is 15.4 Å². The molecule has 0 atom stereocenters. The highest BCUT2D eigenvalue weighted by molar-refractivity contribution is 7.15. The molecule has 2 aromatic rings. The van der Waals surface area contributed by atoms with Gasteiger partial charge in [0.2, 0.25) is 0 Å². The Morgan fingerprint density at radius 1 is 1.39 bits per heavy atom. The van der Waals surface area contributed by atoms with Crippen LogP contribution in [-0.2, 0) is 0 Å². The van der Waals surface area contributed by atoms with Crippen LogP contribution in [0.2, 0.25) is 0 Å². The normalized spacial score (nSPS) is 10.4. The molecule has 0 unspecified atom stereocenters. The van der Waals surface area contributed by atoms with E-state index in [1.54, 1.807) is 31.0 Å². The smallest absolute Gasteiger partial charge is 0.355 e. The van der Waals surface area contributed by atoms with Gasteiger partial charge in [0.25, 0.3) is 0 Å². The minimum atomic E-state index is -1.04. The zero-order valence-electron chi connectivity index (χ0n) is 9.85. The Hall–Kier alpha value is -1.95. The summed E-state index contributed by atoms with van der Waals surface area (Å²) < 4.78 is 12.8. The molecule has 2 rings (SSSR count). The van der Waals surface area contributed by atoms with E-state index in [-0.39, 0.29) is 11.5 Å². The van der Waals surface area contributed by atoms with E-state index in [1.807, 2.05) is 0 Å². The topological polar surface area (TPSA) is 53.4 Å². The second kappa shape index (κ2) is 4.73. The lowest BCUT2D eigenvalue weighted by atomic mass is 10.3. The predicted molar refractivity (Wildman–Crippen MR) is 68.3 cm³/mol. The van der Waals surface area contributed by atoms with Gasteiger partial charge < -0.3 is 10.0 Å². The molecule has 18 heavy (non-hydrogen) atoms. The molecule has 6 heteroatoms. The van der Waals surface area contributed by atoms with E-state index in [0.717, 1.165) is 5.69 Å². The summed E-state index contributed by atoms with van der Waals surface area (Å²) in [4.78, 5) is 17.3. The Morgan fingerprint density at radius 3 is 2.50 bits per heavy atom. The van der Waals surface area contributed by atoms with Gasteiger partial charge in [-0.3, -0.25) is 0 Å². The molecule has 0 amide bonds. The van der Waals surface area contributed by atoms with Gasteiger partial charge in [0.05, 0.1) is 0 Å². The first kappa shape index (κ1) is 12.5. The Labute approximate surface area is 107 Å². The highest BCUT2D eigenvalue weighted by atomic mass is 32.1. The highest BCUT2D eigenvalue weighted by Gasteiger charge is 2.17. The van der Waals surface area contributed by atoms with Crippen LogP contribution in [0.3, 0.4) is 0 Å². The lowest BCUT2D eigenvalue weighted by molar-refractivity contribution is 0.0690. The molecule has 1 heterocycles. The summed E-state index contributed by atoms with van der Waals surface area (Å²) in [6.45, 7) is 1.71. The maximum atomic E-state index is 12.8. The van der Waals surface area contributed by atoms with E-state index in [0.29, 0.717) is 10.0 Å². The molecule has 0 spiro atoms. The third-order valence-electron chi connectivity index (χ3n) is 2.49. The van der Waals surface area contributed by atoms with Gasteiger partial charge >= 0.3 is 5.97 Å². The van der Waals surface area contributed by atoms with Gasteiger partial charge in [-0.25, -0.2) is 14.2 Å². The monoisotopic (exact) mass is 266 g/mol. The maximum absolute atomic E-state index is 12.8. The predicted octanol–water partition coefficient (Wildman–Crippen LogP) is 3.06. The Bertz CT molecular complexity index is 580. The van der Waals surface area contributed by atoms with Crippen LogP contribution >= 0.6 is 11.3 Å². The van der Waals surface area contributed by atoms with E-state index in [1.165, 1.54) is 23.5 Å². The number of anilines is 2. The number of nitrogens with zero attached hydrogens (tertiary/aromatic N) is 2. The van der Waals surface area contributed by atoms with Crippen LogP contribution in [0.4, 0.5) is 15.2 Å². The number of carboxylic acid groups (broad SMARTS) is 1. The van der Waals surface area contributed by atoms with Gasteiger partial charge in [-0.1, -0.05) is 0 Å². The van der Waals surface area contributed by atoms with Gasteiger partial charge in [0.15, 0.2) is 10.8 Å². The van der Waals surface area contributed by atoms with Crippen LogP contribution in [0, 0.1) is 12.7 Å². The van der Waals surface area contributed by atoms with Gasteiger partial charge in [-0.2, -0.15) is 0 Å². The van der Waals surface area contributed by atoms with Crippen molar-refractivity contribution in [2.75, 3.05) is 11.9 Å². The van der Waals surface area contributed by atoms with Crippen LogP contribution in [-0.4, -0.2) is 23.1 Å². The van der Waals surface area contributed by atoms with Crippen LogP contribution < -0.4 is 4.90 Å². The number of aromatic carboxylic acids is 1. The van der Waals surface area contributed by atoms with Crippen molar-refractivity contribution in [2.45, 2.75) is 6.92 Å². The lowest BCUT2D eigenvalue weighted by Gasteiger charge is -2.15. The molecule has 0 aliphatic carbocycles. The van der Waals surface area contributed by atoms with Gasteiger partial charge in [-0.05, 0) is 31.2 Å². The average Bonchev–Trinajstić information content (AvgIpc) is 2.71. The molecule has 1 aromatic carbocycles. The van der Waals surface area contributed by atoms with Gasteiger partial charge in [0.1, 0.15) is 5.82 Å². The largest absolute Gasteiger partial charge is 0.476 e. The molecule has 1 aromatic heterocycles. The van der Waals surface area contributed by atoms with E-state index in [9.17, 15) is 9.18 Å². The molecule has 1 N–H and O–H groups in total. The van der Waals surface area contributed by atoms with Crippen molar-refractivity contribution in [3.8, 4) is 0 Å². The molecular weight excluding hydrogens is 255 g/mol. The molecule has 0 saturated carbocycles. The molecule has 0 aliphatic rings. The molecule has 94 valence electrons. The first-order valence-corrected chi connectivity index (χ1v) is 6.00. The van der Waals surface area contributed by atoms with Crippen LogP contribution in [0.25, 0.3) is 0 Å². The number of halogens is 1. The molecule has 0 saturated heterocycles. The summed E-state index contributed by atoms with van der Waals surface area (Å²) in [5.74, 6) is -1.35. The minimum Gasteiger partial charge on any atom is -0.476 e. The summed E-state index contributed by atoms with van der Waals surface area (Å²) in [5.41, 5.74) is 0.811. The van der Waals surface area contributed by atoms with E-state index in [4.69, 9.17) is 5.11 Å². The minimum absolute atomic E-state index is 0.0592. The number of hydrogen-bond donors (Lipinski definition) is 1. The quantitative estimate of drug-likeness (QED) is 0.927. The highest BCUT2D eigenvalue weighted by Crippen LogP contribution is 2.30. The third-order valence-corrected chi connectivity index (χ3v) is 3.54. The number of carboxylic acids is 1. The average molecular weight is 266 g/mol. The summed E-state index contributed by atoms with van der Waals surface area (Å²) in [6.07, 6.45) is 0. The van der Waals surface area contributed by atoms with Crippen LogP contribution in [0.15, 0.2) is 24.3 Å². The first-order chi connectivity index (χ1) is 8.49. The van der Waals surface area contributed by atoms with Gasteiger partial charge in [-0.15, -0.1) is 11.3 Å². The number of hydrogen-bond acceptors (Lipinski definition) is 4. The summed E-state index contributed by atoms with van der Waals surface area (Å²) >= 11 is 1.29. The lowest BCUT2D eigenvalue weighted by Crippen LogP contribution is -2.09. The Balaban J connectivity index is 2.34. The number of benzene rings is 1. The molecule has 0 bridgehead atoms. The fourth-order valence-electron chi connectivity index (χ4n) is 1.50. The number of carbonyl (C=O) groups is 1. The van der Waals surface area contributed by atoms with E-state index < -0.39 is 5.97 Å². The fourth-order valence-corrected chi connectivity index (χ4v) is 2.38.